The van der Waals surface area contributed by atoms with Gasteiger partial charge < -0.3 is 5.11 Å². The first kappa shape index (κ1) is 17.5. The van der Waals surface area contributed by atoms with Gasteiger partial charge in [-0.3, -0.25) is 25.2 Å². The van der Waals surface area contributed by atoms with Crippen molar-refractivity contribution in [2.45, 2.75) is 45.4 Å². The Hall–Kier alpha value is -1.89. The highest BCUT2D eigenvalue weighted by atomic mass is 32.1. The number of thiophene rings is 1. The summed E-state index contributed by atoms with van der Waals surface area (Å²) in [7, 11) is 0. The molecular weight excluding hydrogens is 352 g/mol. The Morgan fingerprint density at radius 1 is 1.12 bits per heavy atom. The summed E-state index contributed by atoms with van der Waals surface area (Å²) >= 11 is 1.61. The second-order valence-corrected chi connectivity index (χ2v) is 9.03. The Bertz CT molecular complexity index is 759. The highest BCUT2D eigenvalue weighted by molar-refractivity contribution is 7.10. The molecule has 2 amide bonds. The minimum absolute atomic E-state index is 0.0924. The maximum Gasteiger partial charge on any atom is 0.307 e. The molecule has 2 fully saturated rings. The zero-order valence-electron chi connectivity index (χ0n) is 14.8. The van der Waals surface area contributed by atoms with Crippen molar-refractivity contribution < 1.29 is 19.5 Å². The Labute approximate surface area is 156 Å². The van der Waals surface area contributed by atoms with Gasteiger partial charge in [-0.15, -0.1) is 11.3 Å². The molecule has 2 saturated carbocycles. The monoisotopic (exact) mass is 376 g/mol. The second kappa shape index (κ2) is 6.68. The maximum atomic E-state index is 12.6. The van der Waals surface area contributed by atoms with Gasteiger partial charge in [-0.25, -0.2) is 0 Å². The molecule has 4 rings (SSSR count). The normalized spacial score (nSPS) is 32.1. The highest BCUT2D eigenvalue weighted by Gasteiger charge is 2.54. The lowest BCUT2D eigenvalue weighted by molar-refractivity contribution is -0.149. The van der Waals surface area contributed by atoms with Crippen molar-refractivity contribution in [3.63, 3.8) is 0 Å². The van der Waals surface area contributed by atoms with Gasteiger partial charge >= 0.3 is 5.97 Å². The van der Waals surface area contributed by atoms with Crippen molar-refractivity contribution in [2.24, 2.45) is 29.6 Å². The number of fused-ring (bicyclic) bond motifs is 3. The molecule has 0 aliphatic heterocycles. The summed E-state index contributed by atoms with van der Waals surface area (Å²) < 4.78 is 0. The maximum absolute atomic E-state index is 12.6. The minimum atomic E-state index is -0.898. The molecule has 2 bridgehead atoms. The Balaban J connectivity index is 1.41. The van der Waals surface area contributed by atoms with Crippen LogP contribution in [0.3, 0.4) is 0 Å². The molecule has 140 valence electrons. The van der Waals surface area contributed by atoms with Gasteiger partial charge in [-0.1, -0.05) is 6.92 Å². The molecule has 0 saturated heterocycles. The predicted molar refractivity (Wildman–Crippen MR) is 96.6 cm³/mol. The number of hydrogen-bond acceptors (Lipinski definition) is 4. The van der Waals surface area contributed by atoms with Crippen LogP contribution in [0.15, 0.2) is 5.38 Å². The van der Waals surface area contributed by atoms with E-state index in [4.69, 9.17) is 0 Å². The van der Waals surface area contributed by atoms with Crippen molar-refractivity contribution in [3.05, 3.63) is 21.4 Å². The largest absolute Gasteiger partial charge is 0.481 e. The molecule has 7 heteroatoms. The molecule has 0 spiro atoms. The van der Waals surface area contributed by atoms with Crippen LogP contribution in [-0.4, -0.2) is 22.9 Å². The summed E-state index contributed by atoms with van der Waals surface area (Å²) in [6.45, 7) is 2.22. The average Bonchev–Trinajstić information content (AvgIpc) is 3.32. The predicted octanol–water partition coefficient (Wildman–Crippen LogP) is 2.38. The number of amides is 2. The molecule has 3 N–H and O–H groups in total. The standard InChI is InChI=1S/C19H24N2O4S/c1-9-2-5-12-13(8-26-14(12)6-9)17(22)20-21-18(23)15-10-3-4-11(7-10)16(15)19(24)25/h8-11,15-16H,2-7H2,1H3,(H,20,22)(H,21,23)(H,24,25)/t9-,10+,11-,15-,16-/m0/s1. The van der Waals surface area contributed by atoms with Crippen LogP contribution in [0.5, 0.6) is 0 Å². The van der Waals surface area contributed by atoms with Gasteiger partial charge in [0.25, 0.3) is 5.91 Å². The highest BCUT2D eigenvalue weighted by Crippen LogP contribution is 2.52. The molecule has 6 nitrogen and oxygen atoms in total. The van der Waals surface area contributed by atoms with Crippen molar-refractivity contribution >= 4 is 29.1 Å². The minimum Gasteiger partial charge on any atom is -0.481 e. The second-order valence-electron chi connectivity index (χ2n) is 8.07. The van der Waals surface area contributed by atoms with Crippen LogP contribution >= 0.6 is 11.3 Å². The van der Waals surface area contributed by atoms with Crippen LogP contribution in [0, 0.1) is 29.6 Å². The van der Waals surface area contributed by atoms with Gasteiger partial charge in [0.1, 0.15) is 0 Å². The summed E-state index contributed by atoms with van der Waals surface area (Å²) in [5.74, 6) is -1.88. The number of nitrogens with one attached hydrogen (secondary N) is 2. The first-order chi connectivity index (χ1) is 12.5. The molecule has 1 aromatic heterocycles. The lowest BCUT2D eigenvalue weighted by atomic mass is 9.79. The van der Waals surface area contributed by atoms with Gasteiger partial charge in [0.05, 0.1) is 17.4 Å². The topological polar surface area (TPSA) is 95.5 Å². The summed E-state index contributed by atoms with van der Waals surface area (Å²) in [6.07, 6.45) is 5.56. The molecule has 0 unspecified atom stereocenters. The SMILES string of the molecule is C[C@H]1CCc2c(C(=O)NNC(=O)[C@H]3[C@@H]4CC[C@@H](C4)[C@@H]3C(=O)O)csc2C1. The number of hydrogen-bond donors (Lipinski definition) is 3. The third-order valence-electron chi connectivity index (χ3n) is 6.45. The Morgan fingerprint density at radius 2 is 1.85 bits per heavy atom. The van der Waals surface area contributed by atoms with E-state index in [2.05, 4.69) is 17.8 Å². The van der Waals surface area contributed by atoms with Crippen molar-refractivity contribution in [1.29, 1.82) is 0 Å². The van der Waals surface area contributed by atoms with Crippen LogP contribution in [0.25, 0.3) is 0 Å². The molecule has 0 aromatic carbocycles. The first-order valence-electron chi connectivity index (χ1n) is 9.38. The number of rotatable bonds is 3. The van der Waals surface area contributed by atoms with E-state index in [1.165, 1.54) is 4.88 Å². The molecule has 1 heterocycles. The number of carbonyl (C=O) groups excluding carboxylic acids is 2. The summed E-state index contributed by atoms with van der Waals surface area (Å²) in [5.41, 5.74) is 6.76. The fraction of sp³-hybridized carbons (Fsp3) is 0.632. The fourth-order valence-corrected chi connectivity index (χ4v) is 6.41. The Kier molecular flexibility index (Phi) is 4.50. The van der Waals surface area contributed by atoms with E-state index in [9.17, 15) is 19.5 Å². The number of carboxylic acids is 1. The van der Waals surface area contributed by atoms with E-state index in [0.717, 1.165) is 44.1 Å². The summed E-state index contributed by atoms with van der Waals surface area (Å²) in [6, 6.07) is 0. The zero-order chi connectivity index (χ0) is 18.4. The Morgan fingerprint density at radius 3 is 2.58 bits per heavy atom. The number of carboxylic acid groups (broad SMARTS) is 1. The van der Waals surface area contributed by atoms with Crippen LogP contribution in [0.1, 0.15) is 53.4 Å². The van der Waals surface area contributed by atoms with Gasteiger partial charge in [0.2, 0.25) is 5.91 Å². The van der Waals surface area contributed by atoms with Crippen LogP contribution in [0.4, 0.5) is 0 Å². The third kappa shape index (κ3) is 2.92. The molecule has 1 aromatic rings. The molecular formula is C19H24N2O4S. The molecule has 3 aliphatic carbocycles. The van der Waals surface area contributed by atoms with E-state index < -0.39 is 17.8 Å². The van der Waals surface area contributed by atoms with E-state index in [1.54, 1.807) is 11.3 Å². The molecule has 3 aliphatic rings. The van der Waals surface area contributed by atoms with Gasteiger partial charge in [0, 0.05) is 10.3 Å². The zero-order valence-corrected chi connectivity index (χ0v) is 15.6. The van der Waals surface area contributed by atoms with Crippen LogP contribution in [0.2, 0.25) is 0 Å². The molecule has 5 atom stereocenters. The number of carbonyl (C=O) groups is 3. The van der Waals surface area contributed by atoms with Crippen molar-refractivity contribution in [3.8, 4) is 0 Å². The van der Waals surface area contributed by atoms with Crippen molar-refractivity contribution in [2.75, 3.05) is 0 Å². The van der Waals surface area contributed by atoms with Gasteiger partial charge in [0.15, 0.2) is 0 Å². The van der Waals surface area contributed by atoms with Gasteiger partial charge in [-0.2, -0.15) is 0 Å². The van der Waals surface area contributed by atoms with E-state index >= 15 is 0 Å². The smallest absolute Gasteiger partial charge is 0.307 e. The quantitative estimate of drug-likeness (QED) is 0.706. The number of hydrazine groups is 1. The van der Waals surface area contributed by atoms with Gasteiger partial charge in [-0.05, 0) is 61.8 Å². The number of aliphatic carboxylic acids is 1. The van der Waals surface area contributed by atoms with Crippen molar-refractivity contribution in [1.82, 2.24) is 10.9 Å². The lowest BCUT2D eigenvalue weighted by Gasteiger charge is -2.27. The van der Waals surface area contributed by atoms with Crippen LogP contribution in [-0.2, 0) is 22.4 Å². The molecule has 26 heavy (non-hydrogen) atoms. The van der Waals surface area contributed by atoms with E-state index in [1.807, 2.05) is 5.38 Å². The first-order valence-corrected chi connectivity index (χ1v) is 10.3. The van der Waals surface area contributed by atoms with E-state index in [0.29, 0.717) is 11.5 Å². The van der Waals surface area contributed by atoms with Crippen LogP contribution < -0.4 is 10.9 Å². The summed E-state index contributed by atoms with van der Waals surface area (Å²) in [5, 5.41) is 11.3. The average molecular weight is 376 g/mol. The summed E-state index contributed by atoms with van der Waals surface area (Å²) in [4.78, 5) is 37.9. The fourth-order valence-electron chi connectivity index (χ4n) is 5.16. The third-order valence-corrected chi connectivity index (χ3v) is 7.50. The lowest BCUT2D eigenvalue weighted by Crippen LogP contribution is -2.48. The molecule has 0 radical (unpaired) electrons. The van der Waals surface area contributed by atoms with E-state index in [-0.39, 0.29) is 23.7 Å².